The molecule has 0 atom stereocenters. The zero-order valence-corrected chi connectivity index (χ0v) is 19.6. The van der Waals surface area contributed by atoms with Crippen molar-refractivity contribution in [1.29, 1.82) is 0 Å². The molecule has 2 aromatic rings. The summed E-state index contributed by atoms with van der Waals surface area (Å²) in [5.41, 5.74) is 1.03. The van der Waals surface area contributed by atoms with Crippen molar-refractivity contribution in [3.05, 3.63) is 42.0 Å². The number of morpholine rings is 1. The van der Waals surface area contributed by atoms with Crippen LogP contribution in [0.4, 0.5) is 11.4 Å². The van der Waals surface area contributed by atoms with E-state index in [-0.39, 0.29) is 17.3 Å². The fourth-order valence-corrected chi connectivity index (χ4v) is 4.44. The first-order chi connectivity index (χ1) is 16.3. The maximum absolute atomic E-state index is 13.0. The predicted molar refractivity (Wildman–Crippen MR) is 122 cm³/mol. The van der Waals surface area contributed by atoms with E-state index >= 15 is 0 Å². The average Bonchev–Trinajstić information content (AvgIpc) is 3.30. The first-order valence-corrected chi connectivity index (χ1v) is 12.0. The SMILES string of the molecule is CN(C)S(=O)(=O)c1ccc(N2CCOCC2)c(C(=O)OCC(=O)Nc2ccc3c(c2)OCO3)c1. The molecule has 1 fully saturated rings. The second-order valence-electron chi connectivity index (χ2n) is 7.76. The van der Waals surface area contributed by atoms with Crippen LogP contribution in [0.15, 0.2) is 41.3 Å². The number of carbonyl (C=O) groups is 2. The van der Waals surface area contributed by atoms with Crippen LogP contribution in [-0.2, 0) is 24.3 Å². The van der Waals surface area contributed by atoms with Crippen molar-refractivity contribution in [2.45, 2.75) is 4.90 Å². The molecule has 0 aliphatic carbocycles. The first kappa shape index (κ1) is 23.8. The highest BCUT2D eigenvalue weighted by Crippen LogP contribution is 2.34. The molecule has 34 heavy (non-hydrogen) atoms. The molecular formula is C22H25N3O8S. The summed E-state index contributed by atoms with van der Waals surface area (Å²) in [4.78, 5) is 27.2. The Balaban J connectivity index is 1.50. The van der Waals surface area contributed by atoms with E-state index < -0.39 is 28.5 Å². The molecule has 182 valence electrons. The Kier molecular flexibility index (Phi) is 6.91. The number of anilines is 2. The summed E-state index contributed by atoms with van der Waals surface area (Å²) in [6.45, 7) is 1.57. The minimum atomic E-state index is -3.78. The summed E-state index contributed by atoms with van der Waals surface area (Å²) in [6, 6.07) is 9.20. The highest BCUT2D eigenvalue weighted by Gasteiger charge is 2.25. The Morgan fingerprint density at radius 2 is 1.79 bits per heavy atom. The number of ether oxygens (including phenoxy) is 4. The normalized spacial score (nSPS) is 15.3. The van der Waals surface area contributed by atoms with E-state index in [9.17, 15) is 18.0 Å². The van der Waals surface area contributed by atoms with E-state index in [4.69, 9.17) is 18.9 Å². The topological polar surface area (TPSA) is 124 Å². The number of nitrogens with one attached hydrogen (secondary N) is 1. The third-order valence-corrected chi connectivity index (χ3v) is 7.12. The average molecular weight is 492 g/mol. The minimum Gasteiger partial charge on any atom is -0.454 e. The maximum Gasteiger partial charge on any atom is 0.340 e. The molecule has 4 rings (SSSR count). The summed E-state index contributed by atoms with van der Waals surface area (Å²) < 4.78 is 47.4. The van der Waals surface area contributed by atoms with Gasteiger partial charge in [-0.15, -0.1) is 0 Å². The van der Waals surface area contributed by atoms with Crippen LogP contribution in [0.3, 0.4) is 0 Å². The number of sulfonamides is 1. The van der Waals surface area contributed by atoms with Gasteiger partial charge in [-0.2, -0.15) is 0 Å². The van der Waals surface area contributed by atoms with Gasteiger partial charge in [0.2, 0.25) is 16.8 Å². The Labute approximate surface area is 197 Å². The number of hydrogen-bond acceptors (Lipinski definition) is 9. The van der Waals surface area contributed by atoms with Gasteiger partial charge < -0.3 is 29.2 Å². The van der Waals surface area contributed by atoms with Crippen molar-refractivity contribution in [3.8, 4) is 11.5 Å². The highest BCUT2D eigenvalue weighted by molar-refractivity contribution is 7.89. The van der Waals surface area contributed by atoms with Crippen LogP contribution < -0.4 is 19.7 Å². The summed E-state index contributed by atoms with van der Waals surface area (Å²) in [5.74, 6) is -0.285. The largest absolute Gasteiger partial charge is 0.454 e. The zero-order valence-electron chi connectivity index (χ0n) is 18.8. The molecule has 0 radical (unpaired) electrons. The summed E-state index contributed by atoms with van der Waals surface area (Å²) in [6.07, 6.45) is 0. The van der Waals surface area contributed by atoms with Crippen LogP contribution >= 0.6 is 0 Å². The van der Waals surface area contributed by atoms with Crippen molar-refractivity contribution in [2.75, 3.05) is 64.0 Å². The summed E-state index contributed by atoms with van der Waals surface area (Å²) in [5, 5.41) is 2.63. The standard InChI is InChI=1S/C22H25N3O8S/c1-24(2)34(28,29)16-4-5-18(25-7-9-30-10-8-25)17(12-16)22(27)31-13-21(26)23-15-3-6-19-20(11-15)33-14-32-19/h3-6,11-12H,7-10,13-14H2,1-2H3,(H,23,26). The minimum absolute atomic E-state index is 0.0497. The fraction of sp³-hybridized carbons (Fsp3) is 0.364. The van der Waals surface area contributed by atoms with Gasteiger partial charge in [0.05, 0.1) is 29.4 Å². The van der Waals surface area contributed by atoms with Gasteiger partial charge in [-0.1, -0.05) is 0 Å². The zero-order chi connectivity index (χ0) is 24.3. The summed E-state index contributed by atoms with van der Waals surface area (Å²) >= 11 is 0. The van der Waals surface area contributed by atoms with Gasteiger partial charge in [-0.05, 0) is 30.3 Å². The smallest absolute Gasteiger partial charge is 0.340 e. The fourth-order valence-electron chi connectivity index (χ4n) is 3.51. The van der Waals surface area contributed by atoms with E-state index in [0.717, 1.165) is 4.31 Å². The highest BCUT2D eigenvalue weighted by atomic mass is 32.2. The lowest BCUT2D eigenvalue weighted by Gasteiger charge is -2.30. The van der Waals surface area contributed by atoms with E-state index in [1.807, 2.05) is 4.90 Å². The van der Waals surface area contributed by atoms with E-state index in [0.29, 0.717) is 49.2 Å². The van der Waals surface area contributed by atoms with Gasteiger partial charge >= 0.3 is 5.97 Å². The number of esters is 1. The van der Waals surface area contributed by atoms with Crippen molar-refractivity contribution in [2.24, 2.45) is 0 Å². The number of carbonyl (C=O) groups excluding carboxylic acids is 2. The van der Waals surface area contributed by atoms with E-state index in [1.54, 1.807) is 24.3 Å². The Bertz CT molecular complexity index is 1190. The number of amides is 1. The third kappa shape index (κ3) is 5.08. The van der Waals surface area contributed by atoms with Gasteiger partial charge in [0.25, 0.3) is 5.91 Å². The van der Waals surface area contributed by atoms with E-state index in [2.05, 4.69) is 5.32 Å². The first-order valence-electron chi connectivity index (χ1n) is 10.5. The molecule has 1 saturated heterocycles. The van der Waals surface area contributed by atoms with Crippen molar-refractivity contribution in [3.63, 3.8) is 0 Å². The van der Waals surface area contributed by atoms with E-state index in [1.165, 1.54) is 26.2 Å². The van der Waals surface area contributed by atoms with Crippen molar-refractivity contribution >= 4 is 33.3 Å². The number of nitrogens with zero attached hydrogens (tertiary/aromatic N) is 2. The molecule has 2 aliphatic rings. The summed E-state index contributed by atoms with van der Waals surface area (Å²) in [7, 11) is -0.964. The van der Waals surface area contributed by atoms with Gasteiger partial charge in [-0.3, -0.25) is 4.79 Å². The van der Waals surface area contributed by atoms with Crippen LogP contribution in [0.2, 0.25) is 0 Å². The van der Waals surface area contributed by atoms with Crippen LogP contribution in [0.1, 0.15) is 10.4 Å². The molecule has 11 nitrogen and oxygen atoms in total. The van der Waals surface area contributed by atoms with Crippen molar-refractivity contribution < 1.29 is 37.0 Å². The molecule has 2 aromatic carbocycles. The van der Waals surface area contributed by atoms with Gasteiger partial charge in [0.15, 0.2) is 18.1 Å². The number of fused-ring (bicyclic) bond motifs is 1. The molecular weight excluding hydrogens is 466 g/mol. The predicted octanol–water partition coefficient (Wildman–Crippen LogP) is 1.30. The van der Waals surface area contributed by atoms with Crippen LogP contribution in [0.5, 0.6) is 11.5 Å². The maximum atomic E-state index is 13.0. The van der Waals surface area contributed by atoms with Gasteiger partial charge in [0.1, 0.15) is 0 Å². The number of benzene rings is 2. The van der Waals surface area contributed by atoms with Crippen LogP contribution in [0, 0.1) is 0 Å². The molecule has 2 aliphatic heterocycles. The second kappa shape index (κ2) is 9.87. The molecule has 1 N–H and O–H groups in total. The van der Waals surface area contributed by atoms with Crippen LogP contribution in [-0.4, -0.2) is 78.4 Å². The molecule has 0 aromatic heterocycles. The molecule has 1 amide bonds. The quantitative estimate of drug-likeness (QED) is 0.571. The number of rotatable bonds is 7. The number of hydrogen-bond donors (Lipinski definition) is 1. The Hall–Kier alpha value is -3.35. The molecule has 0 unspecified atom stereocenters. The lowest BCUT2D eigenvalue weighted by molar-refractivity contribution is -0.119. The molecule has 0 spiro atoms. The second-order valence-corrected chi connectivity index (χ2v) is 9.91. The lowest BCUT2D eigenvalue weighted by Crippen LogP contribution is -2.37. The van der Waals surface area contributed by atoms with Crippen LogP contribution in [0.25, 0.3) is 0 Å². The lowest BCUT2D eigenvalue weighted by atomic mass is 10.1. The van der Waals surface area contributed by atoms with Gasteiger partial charge in [0, 0.05) is 38.9 Å². The molecule has 12 heteroatoms. The molecule has 2 heterocycles. The Morgan fingerprint density at radius 3 is 2.53 bits per heavy atom. The molecule has 0 saturated carbocycles. The van der Waals surface area contributed by atoms with Crippen molar-refractivity contribution in [1.82, 2.24) is 4.31 Å². The third-order valence-electron chi connectivity index (χ3n) is 5.31. The molecule has 0 bridgehead atoms. The monoisotopic (exact) mass is 491 g/mol. The van der Waals surface area contributed by atoms with Gasteiger partial charge in [-0.25, -0.2) is 17.5 Å². The Morgan fingerprint density at radius 1 is 1.06 bits per heavy atom.